The van der Waals surface area contributed by atoms with Crippen LogP contribution in [0.4, 0.5) is 0 Å². The smallest absolute Gasteiger partial charge is 0.212 e. The van der Waals surface area contributed by atoms with Crippen LogP contribution in [-0.2, 0) is 10.0 Å². The highest BCUT2D eigenvalue weighted by Crippen LogP contribution is 2.21. The van der Waals surface area contributed by atoms with E-state index >= 15 is 0 Å². The first-order chi connectivity index (χ1) is 5.08. The van der Waals surface area contributed by atoms with Crippen molar-refractivity contribution in [1.29, 1.82) is 0 Å². The Kier molecular flexibility index (Phi) is 2.83. The predicted octanol–water partition coefficient (Wildman–Crippen LogP) is 0.731. The summed E-state index contributed by atoms with van der Waals surface area (Å²) in [5.41, 5.74) is 0. The van der Waals surface area contributed by atoms with Crippen LogP contribution in [0.15, 0.2) is 0 Å². The van der Waals surface area contributed by atoms with E-state index in [4.69, 9.17) is 0 Å². The molecule has 1 heterocycles. The topological polar surface area (TPSA) is 37.4 Å². The average molecular weight is 195 g/mol. The van der Waals surface area contributed by atoms with E-state index in [0.29, 0.717) is 12.3 Å². The van der Waals surface area contributed by atoms with E-state index in [9.17, 15) is 8.42 Å². The summed E-state index contributed by atoms with van der Waals surface area (Å²) in [6, 6.07) is 0. The van der Waals surface area contributed by atoms with Crippen molar-refractivity contribution in [1.82, 2.24) is 4.31 Å². The van der Waals surface area contributed by atoms with Gasteiger partial charge >= 0.3 is 0 Å². The van der Waals surface area contributed by atoms with E-state index in [2.05, 4.69) is 0 Å². The quantitative estimate of drug-likeness (QED) is 0.652. The molecule has 0 amide bonds. The standard InChI is InChI=1S/C6H13NO2S2/c1-6(10-2)7-4-3-5-11(7,8)9/h6H,3-5H2,1-2H3. The van der Waals surface area contributed by atoms with Gasteiger partial charge in [-0.25, -0.2) is 8.42 Å². The van der Waals surface area contributed by atoms with Crippen LogP contribution in [0, 0.1) is 0 Å². The number of thioether (sulfide) groups is 1. The molecule has 1 saturated heterocycles. The van der Waals surface area contributed by atoms with Crippen LogP contribution < -0.4 is 0 Å². The molecule has 1 aliphatic heterocycles. The van der Waals surface area contributed by atoms with Crippen molar-refractivity contribution < 1.29 is 8.42 Å². The van der Waals surface area contributed by atoms with E-state index in [0.717, 1.165) is 6.42 Å². The predicted molar refractivity (Wildman–Crippen MR) is 48.1 cm³/mol. The van der Waals surface area contributed by atoms with Crippen LogP contribution in [0.5, 0.6) is 0 Å². The van der Waals surface area contributed by atoms with Crippen LogP contribution in [-0.4, -0.2) is 36.7 Å². The molecule has 1 rings (SSSR count). The minimum absolute atomic E-state index is 0.0995. The molecule has 5 heteroatoms. The number of sulfonamides is 1. The minimum atomic E-state index is -2.89. The fourth-order valence-corrected chi connectivity index (χ4v) is 3.76. The van der Waals surface area contributed by atoms with Gasteiger partial charge in [0.05, 0.1) is 11.1 Å². The van der Waals surface area contributed by atoms with Gasteiger partial charge < -0.3 is 0 Å². The van der Waals surface area contributed by atoms with Gasteiger partial charge in [0.25, 0.3) is 0 Å². The van der Waals surface area contributed by atoms with Crippen LogP contribution in [0.1, 0.15) is 13.3 Å². The summed E-state index contributed by atoms with van der Waals surface area (Å²) < 4.78 is 24.1. The first kappa shape index (κ1) is 9.35. The lowest BCUT2D eigenvalue weighted by molar-refractivity contribution is 0.440. The first-order valence-corrected chi connectivity index (χ1v) is 6.50. The van der Waals surface area contributed by atoms with Crippen LogP contribution in [0.2, 0.25) is 0 Å². The Hall–Kier alpha value is 0.260. The molecule has 1 aliphatic rings. The monoisotopic (exact) mass is 195 g/mol. The zero-order valence-corrected chi connectivity index (χ0v) is 8.41. The maximum atomic E-state index is 11.3. The number of hydrogen-bond acceptors (Lipinski definition) is 3. The molecule has 0 radical (unpaired) electrons. The molecule has 1 atom stereocenters. The molecule has 66 valence electrons. The molecule has 0 bridgehead atoms. The molecule has 0 N–H and O–H groups in total. The van der Waals surface area contributed by atoms with Crippen molar-refractivity contribution >= 4 is 21.8 Å². The van der Waals surface area contributed by atoms with Gasteiger partial charge in [0.1, 0.15) is 0 Å². The van der Waals surface area contributed by atoms with Crippen molar-refractivity contribution in [3.63, 3.8) is 0 Å². The fraction of sp³-hybridized carbons (Fsp3) is 1.00. The largest absolute Gasteiger partial charge is 0.215 e. The summed E-state index contributed by atoms with van der Waals surface area (Å²) in [5, 5.41) is 0.0995. The van der Waals surface area contributed by atoms with Gasteiger partial charge in [-0.05, 0) is 19.6 Å². The highest BCUT2D eigenvalue weighted by molar-refractivity contribution is 8.00. The van der Waals surface area contributed by atoms with Gasteiger partial charge in [-0.3, -0.25) is 0 Å². The molecule has 0 aromatic rings. The molecule has 0 aliphatic carbocycles. The lowest BCUT2D eigenvalue weighted by Gasteiger charge is -2.20. The molecule has 1 fully saturated rings. The molecular formula is C6H13NO2S2. The van der Waals surface area contributed by atoms with Gasteiger partial charge in [-0.1, -0.05) is 0 Å². The van der Waals surface area contributed by atoms with Crippen molar-refractivity contribution in [3.05, 3.63) is 0 Å². The Morgan fingerprint density at radius 3 is 2.55 bits per heavy atom. The zero-order valence-electron chi connectivity index (χ0n) is 6.78. The van der Waals surface area contributed by atoms with Gasteiger partial charge in [-0.2, -0.15) is 4.31 Å². The summed E-state index contributed by atoms with van der Waals surface area (Å²) >= 11 is 1.57. The third-order valence-electron chi connectivity index (χ3n) is 1.88. The highest BCUT2D eigenvalue weighted by Gasteiger charge is 2.31. The fourth-order valence-electron chi connectivity index (χ4n) is 1.18. The number of rotatable bonds is 2. The maximum absolute atomic E-state index is 11.3. The van der Waals surface area contributed by atoms with Crippen molar-refractivity contribution in [2.24, 2.45) is 0 Å². The Bertz CT molecular complexity index is 225. The van der Waals surface area contributed by atoms with Gasteiger partial charge in [0.15, 0.2) is 0 Å². The molecule has 0 spiro atoms. The highest BCUT2D eigenvalue weighted by atomic mass is 32.2. The lowest BCUT2D eigenvalue weighted by atomic mass is 10.5. The Morgan fingerprint density at radius 2 is 2.18 bits per heavy atom. The number of hydrogen-bond donors (Lipinski definition) is 0. The molecule has 11 heavy (non-hydrogen) atoms. The summed E-state index contributed by atoms with van der Waals surface area (Å²) in [7, 11) is -2.89. The Labute approximate surface area is 72.2 Å². The Morgan fingerprint density at radius 1 is 1.55 bits per heavy atom. The summed E-state index contributed by atoms with van der Waals surface area (Å²) in [6.45, 7) is 2.62. The number of nitrogens with zero attached hydrogens (tertiary/aromatic N) is 1. The van der Waals surface area contributed by atoms with E-state index in [1.807, 2.05) is 13.2 Å². The summed E-state index contributed by atoms with van der Waals surface area (Å²) in [4.78, 5) is 0. The summed E-state index contributed by atoms with van der Waals surface area (Å²) in [6.07, 6.45) is 2.71. The Balaban J connectivity index is 2.73. The van der Waals surface area contributed by atoms with Gasteiger partial charge in [0, 0.05) is 6.54 Å². The molecule has 3 nitrogen and oxygen atoms in total. The molecule has 0 saturated carbocycles. The molecule has 0 aromatic heterocycles. The van der Waals surface area contributed by atoms with Crippen molar-refractivity contribution in [2.75, 3.05) is 18.6 Å². The van der Waals surface area contributed by atoms with Crippen LogP contribution >= 0.6 is 11.8 Å². The summed E-state index contributed by atoms with van der Waals surface area (Å²) in [5.74, 6) is 0.331. The van der Waals surface area contributed by atoms with Crippen molar-refractivity contribution in [3.8, 4) is 0 Å². The molecule has 0 aromatic carbocycles. The lowest BCUT2D eigenvalue weighted by Crippen LogP contribution is -2.32. The third-order valence-corrected chi connectivity index (χ3v) is 4.97. The van der Waals surface area contributed by atoms with E-state index in [1.165, 1.54) is 0 Å². The van der Waals surface area contributed by atoms with E-state index in [-0.39, 0.29) is 5.37 Å². The third kappa shape index (κ3) is 1.89. The van der Waals surface area contributed by atoms with E-state index < -0.39 is 10.0 Å². The second kappa shape index (κ2) is 3.33. The maximum Gasteiger partial charge on any atom is 0.215 e. The second-order valence-corrected chi connectivity index (χ2v) is 5.81. The van der Waals surface area contributed by atoms with Crippen molar-refractivity contribution in [2.45, 2.75) is 18.7 Å². The van der Waals surface area contributed by atoms with Crippen LogP contribution in [0.3, 0.4) is 0 Å². The van der Waals surface area contributed by atoms with Crippen LogP contribution in [0.25, 0.3) is 0 Å². The zero-order chi connectivity index (χ0) is 8.48. The van der Waals surface area contributed by atoms with Gasteiger partial charge in [-0.15, -0.1) is 11.8 Å². The van der Waals surface area contributed by atoms with E-state index in [1.54, 1.807) is 16.1 Å². The SMILES string of the molecule is CSC(C)N1CCCS1(=O)=O. The second-order valence-electron chi connectivity index (χ2n) is 2.62. The van der Waals surface area contributed by atoms with Gasteiger partial charge in [0.2, 0.25) is 10.0 Å². The normalized spacial score (nSPS) is 27.1. The average Bonchev–Trinajstić information content (AvgIpc) is 2.28. The molecule has 1 unspecified atom stereocenters. The molecular weight excluding hydrogens is 182 g/mol. The first-order valence-electron chi connectivity index (χ1n) is 3.60. The minimum Gasteiger partial charge on any atom is -0.212 e.